The number of anilines is 1. The van der Waals surface area contributed by atoms with Crippen LogP contribution in [0.3, 0.4) is 0 Å². The quantitative estimate of drug-likeness (QED) is 0.930. The maximum absolute atomic E-state index is 12.7. The molecule has 100 valence electrons. The smallest absolute Gasteiger partial charge is 0.263 e. The summed E-state index contributed by atoms with van der Waals surface area (Å²) in [5.41, 5.74) is 0.609. The standard InChI is InChI=1S/C12H10BrFN2O2S/c1-8-2-3-9(13)6-11(8)19(17,18)16-12-5-4-10(14)7-15-12/h2-7H,1H3,(H,15,16). The molecule has 2 rings (SSSR count). The van der Waals surface area contributed by atoms with E-state index in [4.69, 9.17) is 0 Å². The van der Waals surface area contributed by atoms with Crippen molar-refractivity contribution in [2.75, 3.05) is 4.72 Å². The van der Waals surface area contributed by atoms with Crippen molar-refractivity contribution in [3.63, 3.8) is 0 Å². The van der Waals surface area contributed by atoms with Crippen LogP contribution in [-0.4, -0.2) is 13.4 Å². The first kappa shape index (κ1) is 14.0. The summed E-state index contributed by atoms with van der Waals surface area (Å²) in [6.45, 7) is 1.69. The van der Waals surface area contributed by atoms with Crippen molar-refractivity contribution >= 4 is 31.8 Å². The van der Waals surface area contributed by atoms with E-state index in [9.17, 15) is 12.8 Å². The molecule has 0 atom stereocenters. The minimum atomic E-state index is -3.74. The van der Waals surface area contributed by atoms with E-state index in [0.29, 0.717) is 10.0 Å². The molecule has 0 bridgehead atoms. The Labute approximate surface area is 118 Å². The Bertz CT molecular complexity index is 702. The van der Waals surface area contributed by atoms with E-state index >= 15 is 0 Å². The summed E-state index contributed by atoms with van der Waals surface area (Å²) in [6.07, 6.45) is 0.950. The molecule has 2 aromatic rings. The van der Waals surface area contributed by atoms with Crippen LogP contribution in [0.15, 0.2) is 45.9 Å². The lowest BCUT2D eigenvalue weighted by molar-refractivity contribution is 0.599. The second kappa shape index (κ2) is 5.26. The Morgan fingerprint density at radius 2 is 2.00 bits per heavy atom. The van der Waals surface area contributed by atoms with Crippen LogP contribution in [0.5, 0.6) is 0 Å². The molecule has 0 aliphatic heterocycles. The maximum atomic E-state index is 12.7. The third-order valence-electron chi connectivity index (χ3n) is 2.41. The van der Waals surface area contributed by atoms with Gasteiger partial charge in [0.15, 0.2) is 0 Å². The predicted octanol–water partition coefficient (Wildman–Crippen LogP) is 3.09. The zero-order chi connectivity index (χ0) is 14.0. The predicted molar refractivity (Wildman–Crippen MR) is 73.9 cm³/mol. The van der Waals surface area contributed by atoms with Crippen LogP contribution >= 0.6 is 15.9 Å². The highest BCUT2D eigenvalue weighted by molar-refractivity contribution is 9.10. The lowest BCUT2D eigenvalue weighted by Crippen LogP contribution is -2.15. The van der Waals surface area contributed by atoms with Gasteiger partial charge in [-0.3, -0.25) is 4.72 Å². The zero-order valence-corrected chi connectivity index (χ0v) is 12.3. The summed E-state index contributed by atoms with van der Waals surface area (Å²) < 4.78 is 40.1. The SMILES string of the molecule is Cc1ccc(Br)cc1S(=O)(=O)Nc1ccc(F)cn1. The van der Waals surface area contributed by atoms with Crippen LogP contribution in [0.25, 0.3) is 0 Å². The maximum Gasteiger partial charge on any atom is 0.263 e. The van der Waals surface area contributed by atoms with Crippen molar-refractivity contribution in [1.82, 2.24) is 4.98 Å². The van der Waals surface area contributed by atoms with Gasteiger partial charge in [-0.2, -0.15) is 0 Å². The van der Waals surface area contributed by atoms with Crippen LogP contribution < -0.4 is 4.72 Å². The Morgan fingerprint density at radius 3 is 2.63 bits per heavy atom. The van der Waals surface area contributed by atoms with Gasteiger partial charge in [-0.25, -0.2) is 17.8 Å². The number of aromatic nitrogens is 1. The summed E-state index contributed by atoms with van der Waals surface area (Å²) in [7, 11) is -3.74. The van der Waals surface area contributed by atoms with E-state index < -0.39 is 15.8 Å². The number of aryl methyl sites for hydroxylation is 1. The Morgan fingerprint density at radius 1 is 1.26 bits per heavy atom. The average molecular weight is 345 g/mol. The molecular formula is C12H10BrFN2O2S. The number of pyridine rings is 1. The number of nitrogens with one attached hydrogen (secondary N) is 1. The molecule has 0 aliphatic rings. The molecule has 0 amide bonds. The summed E-state index contributed by atoms with van der Waals surface area (Å²) >= 11 is 3.23. The number of hydrogen-bond donors (Lipinski definition) is 1. The monoisotopic (exact) mass is 344 g/mol. The van der Waals surface area contributed by atoms with Gasteiger partial charge in [0.2, 0.25) is 0 Å². The molecule has 1 aromatic heterocycles. The second-order valence-electron chi connectivity index (χ2n) is 3.88. The lowest BCUT2D eigenvalue weighted by Gasteiger charge is -2.10. The molecule has 0 unspecified atom stereocenters. The van der Waals surface area contributed by atoms with Gasteiger partial charge in [0.1, 0.15) is 11.6 Å². The number of halogens is 2. The zero-order valence-electron chi connectivity index (χ0n) is 9.89. The molecule has 7 heteroatoms. The van der Waals surface area contributed by atoms with Crippen LogP contribution in [-0.2, 0) is 10.0 Å². The highest BCUT2D eigenvalue weighted by Crippen LogP contribution is 2.22. The topological polar surface area (TPSA) is 59.1 Å². The van der Waals surface area contributed by atoms with E-state index in [1.165, 1.54) is 12.1 Å². The fourth-order valence-corrected chi connectivity index (χ4v) is 3.28. The Kier molecular flexibility index (Phi) is 3.86. The van der Waals surface area contributed by atoms with Crippen molar-refractivity contribution < 1.29 is 12.8 Å². The summed E-state index contributed by atoms with van der Waals surface area (Å²) in [5, 5.41) is 0. The number of hydrogen-bond acceptors (Lipinski definition) is 3. The highest BCUT2D eigenvalue weighted by atomic mass is 79.9. The normalized spacial score (nSPS) is 11.3. The minimum Gasteiger partial charge on any atom is -0.263 e. The molecule has 0 saturated carbocycles. The Balaban J connectivity index is 2.37. The molecule has 1 aromatic carbocycles. The van der Waals surface area contributed by atoms with Gasteiger partial charge >= 0.3 is 0 Å². The van der Waals surface area contributed by atoms with Gasteiger partial charge < -0.3 is 0 Å². The molecule has 0 aliphatic carbocycles. The van der Waals surface area contributed by atoms with E-state index in [-0.39, 0.29) is 10.7 Å². The fraction of sp³-hybridized carbons (Fsp3) is 0.0833. The number of rotatable bonds is 3. The summed E-state index contributed by atoms with van der Waals surface area (Å²) in [4.78, 5) is 3.81. The summed E-state index contributed by atoms with van der Waals surface area (Å²) in [5.74, 6) is -0.456. The average Bonchev–Trinajstić information content (AvgIpc) is 2.35. The minimum absolute atomic E-state index is 0.0702. The second-order valence-corrected chi connectivity index (χ2v) is 6.44. The first-order valence-corrected chi connectivity index (χ1v) is 7.56. The molecule has 1 heterocycles. The molecule has 4 nitrogen and oxygen atoms in total. The highest BCUT2D eigenvalue weighted by Gasteiger charge is 2.17. The molecule has 0 radical (unpaired) electrons. The van der Waals surface area contributed by atoms with Gasteiger partial charge in [-0.1, -0.05) is 22.0 Å². The lowest BCUT2D eigenvalue weighted by atomic mass is 10.2. The largest absolute Gasteiger partial charge is 0.263 e. The molecule has 0 saturated heterocycles. The van der Waals surface area contributed by atoms with E-state index in [0.717, 1.165) is 12.3 Å². The number of nitrogens with zero attached hydrogens (tertiary/aromatic N) is 1. The summed E-state index contributed by atoms with van der Waals surface area (Å²) in [6, 6.07) is 7.35. The van der Waals surface area contributed by atoms with Crippen molar-refractivity contribution in [2.24, 2.45) is 0 Å². The first-order valence-electron chi connectivity index (χ1n) is 5.29. The van der Waals surface area contributed by atoms with Gasteiger partial charge in [-0.15, -0.1) is 0 Å². The van der Waals surface area contributed by atoms with Crippen LogP contribution in [0.2, 0.25) is 0 Å². The first-order chi connectivity index (χ1) is 8.88. The molecule has 19 heavy (non-hydrogen) atoms. The van der Waals surface area contributed by atoms with E-state index in [1.807, 2.05) is 0 Å². The third kappa shape index (κ3) is 3.30. The number of sulfonamides is 1. The van der Waals surface area contributed by atoms with Crippen molar-refractivity contribution in [3.05, 3.63) is 52.4 Å². The molecular weight excluding hydrogens is 335 g/mol. The molecule has 1 N–H and O–H groups in total. The molecule has 0 spiro atoms. The fourth-order valence-electron chi connectivity index (χ4n) is 1.49. The third-order valence-corrected chi connectivity index (χ3v) is 4.40. The van der Waals surface area contributed by atoms with Gasteiger partial charge in [0, 0.05) is 4.47 Å². The van der Waals surface area contributed by atoms with Gasteiger partial charge in [-0.05, 0) is 36.8 Å². The van der Waals surface area contributed by atoms with Gasteiger partial charge in [0.25, 0.3) is 10.0 Å². The van der Waals surface area contributed by atoms with E-state index in [1.54, 1.807) is 19.1 Å². The van der Waals surface area contributed by atoms with Crippen LogP contribution in [0.4, 0.5) is 10.2 Å². The van der Waals surface area contributed by atoms with Crippen molar-refractivity contribution in [3.8, 4) is 0 Å². The molecule has 0 fully saturated rings. The van der Waals surface area contributed by atoms with Crippen LogP contribution in [0.1, 0.15) is 5.56 Å². The van der Waals surface area contributed by atoms with Crippen LogP contribution in [0, 0.1) is 12.7 Å². The van der Waals surface area contributed by atoms with Gasteiger partial charge in [0.05, 0.1) is 11.1 Å². The number of benzene rings is 1. The van der Waals surface area contributed by atoms with E-state index in [2.05, 4.69) is 25.6 Å². The van der Waals surface area contributed by atoms with Crippen molar-refractivity contribution in [1.29, 1.82) is 0 Å². The van der Waals surface area contributed by atoms with Crippen molar-refractivity contribution in [2.45, 2.75) is 11.8 Å². The Hall–Kier alpha value is -1.47.